The highest BCUT2D eigenvalue weighted by Crippen LogP contribution is 2.27. The van der Waals surface area contributed by atoms with Gasteiger partial charge in [-0.05, 0) is 30.0 Å². The van der Waals surface area contributed by atoms with Gasteiger partial charge in [0.15, 0.2) is 0 Å². The Bertz CT molecular complexity index is 350. The average molecular weight is 237 g/mol. The Hall–Kier alpha value is -1.06. The van der Waals surface area contributed by atoms with Crippen LogP contribution in [0.2, 0.25) is 0 Å². The van der Waals surface area contributed by atoms with E-state index in [9.17, 15) is 5.11 Å². The molecule has 0 spiro atoms. The SMILES string of the molecule is Cc1ccc(C(C)C)c(OCCC(O)CN)c1. The fraction of sp³-hybridized carbons (Fsp3) is 0.571. The van der Waals surface area contributed by atoms with Crippen LogP contribution in [-0.2, 0) is 0 Å². The number of hydrogen-bond donors (Lipinski definition) is 2. The molecule has 0 aliphatic carbocycles. The summed E-state index contributed by atoms with van der Waals surface area (Å²) < 4.78 is 5.74. The lowest BCUT2D eigenvalue weighted by Crippen LogP contribution is -2.22. The summed E-state index contributed by atoms with van der Waals surface area (Å²) >= 11 is 0. The first-order valence-electron chi connectivity index (χ1n) is 6.16. The van der Waals surface area contributed by atoms with Crippen molar-refractivity contribution in [3.8, 4) is 5.75 Å². The largest absolute Gasteiger partial charge is 0.493 e. The third kappa shape index (κ3) is 4.36. The Balaban J connectivity index is 2.65. The molecule has 0 radical (unpaired) electrons. The Kier molecular flexibility index (Phi) is 5.45. The van der Waals surface area contributed by atoms with Gasteiger partial charge in [-0.3, -0.25) is 0 Å². The molecule has 0 heterocycles. The van der Waals surface area contributed by atoms with Gasteiger partial charge < -0.3 is 15.6 Å². The molecule has 1 aromatic carbocycles. The molecule has 0 fully saturated rings. The van der Waals surface area contributed by atoms with Gasteiger partial charge in [0.25, 0.3) is 0 Å². The molecule has 0 aliphatic heterocycles. The summed E-state index contributed by atoms with van der Waals surface area (Å²) in [5.41, 5.74) is 7.74. The van der Waals surface area contributed by atoms with E-state index in [2.05, 4.69) is 26.0 Å². The van der Waals surface area contributed by atoms with Crippen LogP contribution in [0.25, 0.3) is 0 Å². The van der Waals surface area contributed by atoms with E-state index in [1.807, 2.05) is 13.0 Å². The maximum atomic E-state index is 9.36. The van der Waals surface area contributed by atoms with Crippen molar-refractivity contribution in [2.45, 2.75) is 39.2 Å². The molecule has 0 aromatic heterocycles. The minimum atomic E-state index is -0.470. The highest BCUT2D eigenvalue weighted by molar-refractivity contribution is 5.39. The molecule has 0 aliphatic rings. The summed E-state index contributed by atoms with van der Waals surface area (Å²) in [6, 6.07) is 6.25. The van der Waals surface area contributed by atoms with Crippen LogP contribution < -0.4 is 10.5 Å². The molecule has 17 heavy (non-hydrogen) atoms. The number of aryl methyl sites for hydroxylation is 1. The summed E-state index contributed by atoms with van der Waals surface area (Å²) in [4.78, 5) is 0. The van der Waals surface area contributed by atoms with E-state index in [4.69, 9.17) is 10.5 Å². The summed E-state index contributed by atoms with van der Waals surface area (Å²) in [5, 5.41) is 9.36. The standard InChI is InChI=1S/C14H23NO2/c1-10(2)13-5-4-11(3)8-14(13)17-7-6-12(16)9-15/h4-5,8,10,12,16H,6-7,9,15H2,1-3H3. The van der Waals surface area contributed by atoms with Gasteiger partial charge in [0, 0.05) is 13.0 Å². The van der Waals surface area contributed by atoms with Crippen LogP contribution in [0.15, 0.2) is 18.2 Å². The first-order valence-corrected chi connectivity index (χ1v) is 6.16. The number of aliphatic hydroxyl groups excluding tert-OH is 1. The van der Waals surface area contributed by atoms with Crippen molar-refractivity contribution in [3.05, 3.63) is 29.3 Å². The molecule has 96 valence electrons. The Morgan fingerprint density at radius 1 is 1.35 bits per heavy atom. The lowest BCUT2D eigenvalue weighted by molar-refractivity contribution is 0.145. The fourth-order valence-electron chi connectivity index (χ4n) is 1.67. The van der Waals surface area contributed by atoms with Crippen molar-refractivity contribution >= 4 is 0 Å². The van der Waals surface area contributed by atoms with Gasteiger partial charge in [0.05, 0.1) is 12.7 Å². The summed E-state index contributed by atoms with van der Waals surface area (Å²) in [7, 11) is 0. The van der Waals surface area contributed by atoms with Gasteiger partial charge in [-0.2, -0.15) is 0 Å². The van der Waals surface area contributed by atoms with Crippen molar-refractivity contribution in [3.63, 3.8) is 0 Å². The second-order valence-electron chi connectivity index (χ2n) is 4.72. The first-order chi connectivity index (χ1) is 8.04. The molecule has 1 rings (SSSR count). The van der Waals surface area contributed by atoms with E-state index in [-0.39, 0.29) is 6.54 Å². The van der Waals surface area contributed by atoms with Crippen molar-refractivity contribution in [2.75, 3.05) is 13.2 Å². The van der Waals surface area contributed by atoms with E-state index in [1.165, 1.54) is 11.1 Å². The zero-order valence-corrected chi connectivity index (χ0v) is 10.9. The molecule has 3 N–H and O–H groups in total. The van der Waals surface area contributed by atoms with Gasteiger partial charge in [0.1, 0.15) is 5.75 Å². The molecule has 3 heteroatoms. The predicted molar refractivity (Wildman–Crippen MR) is 70.4 cm³/mol. The number of benzene rings is 1. The third-order valence-electron chi connectivity index (χ3n) is 2.77. The molecule has 0 bridgehead atoms. The number of nitrogens with two attached hydrogens (primary N) is 1. The highest BCUT2D eigenvalue weighted by atomic mass is 16.5. The smallest absolute Gasteiger partial charge is 0.123 e. The van der Waals surface area contributed by atoms with Gasteiger partial charge in [-0.25, -0.2) is 0 Å². The monoisotopic (exact) mass is 237 g/mol. The molecule has 3 nitrogen and oxygen atoms in total. The van der Waals surface area contributed by atoms with Crippen molar-refractivity contribution < 1.29 is 9.84 Å². The number of aliphatic hydroxyl groups is 1. The van der Waals surface area contributed by atoms with Crippen LogP contribution in [0.4, 0.5) is 0 Å². The van der Waals surface area contributed by atoms with Crippen LogP contribution in [0, 0.1) is 6.92 Å². The summed E-state index contributed by atoms with van der Waals surface area (Å²) in [5.74, 6) is 1.36. The van der Waals surface area contributed by atoms with Crippen LogP contribution >= 0.6 is 0 Å². The Labute approximate surface area is 104 Å². The molecular weight excluding hydrogens is 214 g/mol. The molecule has 0 amide bonds. The minimum absolute atomic E-state index is 0.286. The minimum Gasteiger partial charge on any atom is -0.493 e. The maximum Gasteiger partial charge on any atom is 0.123 e. The molecule has 0 saturated heterocycles. The van der Waals surface area contributed by atoms with E-state index in [1.54, 1.807) is 0 Å². The van der Waals surface area contributed by atoms with Gasteiger partial charge in [-0.15, -0.1) is 0 Å². The Morgan fingerprint density at radius 2 is 2.06 bits per heavy atom. The Morgan fingerprint density at radius 3 is 2.65 bits per heavy atom. The van der Waals surface area contributed by atoms with Crippen LogP contribution in [0.3, 0.4) is 0 Å². The second kappa shape index (κ2) is 6.62. The zero-order valence-electron chi connectivity index (χ0n) is 10.9. The summed E-state index contributed by atoms with van der Waals surface area (Å²) in [6.45, 7) is 7.12. The van der Waals surface area contributed by atoms with E-state index in [0.717, 1.165) is 5.75 Å². The summed E-state index contributed by atoms with van der Waals surface area (Å²) in [6.07, 6.45) is 0.101. The highest BCUT2D eigenvalue weighted by Gasteiger charge is 2.09. The number of ether oxygens (including phenoxy) is 1. The normalized spacial score (nSPS) is 12.8. The maximum absolute atomic E-state index is 9.36. The van der Waals surface area contributed by atoms with Crippen LogP contribution in [-0.4, -0.2) is 24.4 Å². The number of hydrogen-bond acceptors (Lipinski definition) is 3. The lowest BCUT2D eigenvalue weighted by atomic mass is 10.0. The molecule has 0 saturated carbocycles. The topological polar surface area (TPSA) is 55.5 Å². The van der Waals surface area contributed by atoms with Crippen molar-refractivity contribution in [1.29, 1.82) is 0 Å². The average Bonchev–Trinajstić information content (AvgIpc) is 2.28. The molecular formula is C14H23NO2. The van der Waals surface area contributed by atoms with Crippen LogP contribution in [0.5, 0.6) is 5.75 Å². The second-order valence-corrected chi connectivity index (χ2v) is 4.72. The lowest BCUT2D eigenvalue weighted by Gasteiger charge is -2.15. The van der Waals surface area contributed by atoms with Crippen LogP contribution in [0.1, 0.15) is 37.3 Å². The van der Waals surface area contributed by atoms with E-state index in [0.29, 0.717) is 18.9 Å². The van der Waals surface area contributed by atoms with Gasteiger partial charge >= 0.3 is 0 Å². The van der Waals surface area contributed by atoms with Crippen molar-refractivity contribution in [2.24, 2.45) is 5.73 Å². The fourth-order valence-corrected chi connectivity index (χ4v) is 1.67. The quantitative estimate of drug-likeness (QED) is 0.797. The third-order valence-corrected chi connectivity index (χ3v) is 2.77. The molecule has 1 unspecified atom stereocenters. The first kappa shape index (κ1) is 14.0. The molecule has 1 aromatic rings. The zero-order chi connectivity index (χ0) is 12.8. The number of rotatable bonds is 6. The molecule has 1 atom stereocenters. The van der Waals surface area contributed by atoms with E-state index < -0.39 is 6.10 Å². The van der Waals surface area contributed by atoms with E-state index >= 15 is 0 Å². The van der Waals surface area contributed by atoms with Crippen molar-refractivity contribution in [1.82, 2.24) is 0 Å². The van der Waals surface area contributed by atoms with Gasteiger partial charge in [0.2, 0.25) is 0 Å². The van der Waals surface area contributed by atoms with Gasteiger partial charge in [-0.1, -0.05) is 26.0 Å². The predicted octanol–water partition coefficient (Wildman–Crippen LogP) is 2.21.